The number of rotatable bonds is 3. The molecule has 1 aromatic carbocycles. The molecular formula is C19H19N3OS. The standard InChI is InChI=1S/C19H19N3OS/c1-12-16-15(7-9-21-19(16)24-17(12)18(20)23)13-8-10-22(11-13)14-5-3-2-4-6-14/h2-7,9,13H,8,10-11H2,1H3,(H2,20,23). The summed E-state index contributed by atoms with van der Waals surface area (Å²) < 4.78 is 0. The van der Waals surface area contributed by atoms with Crippen molar-refractivity contribution in [2.24, 2.45) is 5.73 Å². The number of para-hydroxylation sites is 1. The molecule has 1 saturated heterocycles. The molecule has 0 aliphatic carbocycles. The van der Waals surface area contributed by atoms with Crippen LogP contribution in [0.2, 0.25) is 0 Å². The summed E-state index contributed by atoms with van der Waals surface area (Å²) >= 11 is 1.40. The number of carbonyl (C=O) groups is 1. The van der Waals surface area contributed by atoms with E-state index >= 15 is 0 Å². The lowest BCUT2D eigenvalue weighted by Gasteiger charge is -2.19. The number of aryl methyl sites for hydroxylation is 1. The van der Waals surface area contributed by atoms with E-state index in [0.717, 1.165) is 35.3 Å². The number of carbonyl (C=O) groups excluding carboxylic acids is 1. The van der Waals surface area contributed by atoms with Gasteiger partial charge in [-0.15, -0.1) is 11.3 Å². The van der Waals surface area contributed by atoms with E-state index in [4.69, 9.17) is 5.73 Å². The van der Waals surface area contributed by atoms with Crippen molar-refractivity contribution >= 4 is 33.1 Å². The summed E-state index contributed by atoms with van der Waals surface area (Å²) in [5.41, 5.74) is 9.05. The highest BCUT2D eigenvalue weighted by Crippen LogP contribution is 2.38. The van der Waals surface area contributed by atoms with Crippen LogP contribution >= 0.6 is 11.3 Å². The average Bonchev–Trinajstić information content (AvgIpc) is 3.21. The first kappa shape index (κ1) is 15.1. The number of hydrogen-bond acceptors (Lipinski definition) is 4. The summed E-state index contributed by atoms with van der Waals surface area (Å²) in [6.07, 6.45) is 2.96. The quantitative estimate of drug-likeness (QED) is 0.793. The molecule has 1 fully saturated rings. The maximum atomic E-state index is 11.7. The molecule has 1 aliphatic heterocycles. The highest BCUT2D eigenvalue weighted by Gasteiger charge is 2.27. The largest absolute Gasteiger partial charge is 0.371 e. The Hall–Kier alpha value is -2.40. The Kier molecular flexibility index (Phi) is 3.73. The highest BCUT2D eigenvalue weighted by molar-refractivity contribution is 7.20. The summed E-state index contributed by atoms with van der Waals surface area (Å²) in [5, 5.41) is 1.12. The van der Waals surface area contributed by atoms with Gasteiger partial charge in [-0.1, -0.05) is 18.2 Å². The third kappa shape index (κ3) is 2.45. The van der Waals surface area contributed by atoms with Crippen LogP contribution in [0.3, 0.4) is 0 Å². The van der Waals surface area contributed by atoms with Gasteiger partial charge in [0.25, 0.3) is 5.91 Å². The van der Waals surface area contributed by atoms with E-state index in [-0.39, 0.29) is 5.91 Å². The van der Waals surface area contributed by atoms with Gasteiger partial charge >= 0.3 is 0 Å². The number of aromatic nitrogens is 1. The first-order valence-corrected chi connectivity index (χ1v) is 8.94. The minimum absolute atomic E-state index is 0.362. The fraction of sp³-hybridized carbons (Fsp3) is 0.263. The number of fused-ring (bicyclic) bond motifs is 1. The summed E-state index contributed by atoms with van der Waals surface area (Å²) in [7, 11) is 0. The van der Waals surface area contributed by atoms with Gasteiger partial charge in [-0.2, -0.15) is 0 Å². The van der Waals surface area contributed by atoms with Crippen LogP contribution in [-0.4, -0.2) is 24.0 Å². The SMILES string of the molecule is Cc1c(C(N)=O)sc2nccc(C3CCN(c4ccccc4)C3)c12. The number of nitrogens with two attached hydrogens (primary N) is 1. The molecule has 5 heteroatoms. The summed E-state index contributed by atoms with van der Waals surface area (Å²) in [6.45, 7) is 4.02. The number of hydrogen-bond donors (Lipinski definition) is 1. The van der Waals surface area contributed by atoms with E-state index in [1.807, 2.05) is 19.2 Å². The molecule has 0 spiro atoms. The number of benzene rings is 1. The molecule has 0 saturated carbocycles. The van der Waals surface area contributed by atoms with Gasteiger partial charge in [0, 0.05) is 36.3 Å². The topological polar surface area (TPSA) is 59.2 Å². The van der Waals surface area contributed by atoms with Gasteiger partial charge in [0.2, 0.25) is 0 Å². The minimum atomic E-state index is -0.362. The van der Waals surface area contributed by atoms with Gasteiger partial charge < -0.3 is 10.6 Å². The zero-order valence-electron chi connectivity index (χ0n) is 13.5. The zero-order chi connectivity index (χ0) is 16.7. The maximum absolute atomic E-state index is 11.7. The van der Waals surface area contributed by atoms with Crippen molar-refractivity contribution in [1.82, 2.24) is 4.98 Å². The van der Waals surface area contributed by atoms with E-state index in [2.05, 4.69) is 40.2 Å². The fourth-order valence-electron chi connectivity index (χ4n) is 3.66. The Morgan fingerprint density at radius 2 is 2.08 bits per heavy atom. The van der Waals surface area contributed by atoms with Crippen LogP contribution in [0.15, 0.2) is 42.6 Å². The van der Waals surface area contributed by atoms with Gasteiger partial charge in [-0.25, -0.2) is 4.98 Å². The number of nitrogens with zero attached hydrogens (tertiary/aromatic N) is 2. The summed E-state index contributed by atoms with van der Waals surface area (Å²) in [5.74, 6) is 0.0866. The molecule has 3 heterocycles. The van der Waals surface area contributed by atoms with Crippen molar-refractivity contribution in [3.8, 4) is 0 Å². The predicted molar refractivity (Wildman–Crippen MR) is 98.9 cm³/mol. The molecule has 1 unspecified atom stereocenters. The third-order valence-electron chi connectivity index (χ3n) is 4.84. The Morgan fingerprint density at radius 3 is 2.83 bits per heavy atom. The monoisotopic (exact) mass is 337 g/mol. The predicted octanol–water partition coefficient (Wildman–Crippen LogP) is 3.70. The molecule has 1 amide bonds. The van der Waals surface area contributed by atoms with Gasteiger partial charge in [0.15, 0.2) is 0 Å². The minimum Gasteiger partial charge on any atom is -0.371 e. The second kappa shape index (κ2) is 5.91. The van der Waals surface area contributed by atoms with Crippen LogP contribution in [0.1, 0.15) is 33.1 Å². The molecule has 4 rings (SSSR count). The zero-order valence-corrected chi connectivity index (χ0v) is 14.3. The van der Waals surface area contributed by atoms with Crippen molar-refractivity contribution in [2.45, 2.75) is 19.3 Å². The Bertz CT molecular complexity index is 904. The molecule has 24 heavy (non-hydrogen) atoms. The lowest BCUT2D eigenvalue weighted by atomic mass is 9.94. The molecule has 1 aliphatic rings. The first-order valence-electron chi connectivity index (χ1n) is 8.13. The van der Waals surface area contributed by atoms with Crippen molar-refractivity contribution in [3.05, 3.63) is 58.6 Å². The maximum Gasteiger partial charge on any atom is 0.259 e. The molecule has 0 bridgehead atoms. The lowest BCUT2D eigenvalue weighted by Crippen LogP contribution is -2.19. The smallest absolute Gasteiger partial charge is 0.259 e. The van der Waals surface area contributed by atoms with E-state index in [1.165, 1.54) is 22.6 Å². The Balaban J connectivity index is 1.71. The Labute approximate surface area is 144 Å². The molecule has 0 radical (unpaired) electrons. The highest BCUT2D eigenvalue weighted by atomic mass is 32.1. The molecule has 2 aromatic heterocycles. The van der Waals surface area contributed by atoms with E-state index in [0.29, 0.717) is 10.8 Å². The number of primary amides is 1. The van der Waals surface area contributed by atoms with Gasteiger partial charge in [0.05, 0.1) is 4.88 Å². The lowest BCUT2D eigenvalue weighted by molar-refractivity contribution is 0.100. The molecule has 3 aromatic rings. The summed E-state index contributed by atoms with van der Waals surface area (Å²) in [4.78, 5) is 20.1. The average molecular weight is 337 g/mol. The van der Waals surface area contributed by atoms with Crippen LogP contribution < -0.4 is 10.6 Å². The summed E-state index contributed by atoms with van der Waals surface area (Å²) in [6, 6.07) is 12.6. The van der Waals surface area contributed by atoms with Crippen molar-refractivity contribution in [3.63, 3.8) is 0 Å². The van der Waals surface area contributed by atoms with Gasteiger partial charge in [-0.3, -0.25) is 4.79 Å². The molecule has 1 atom stereocenters. The van der Waals surface area contributed by atoms with Crippen LogP contribution in [0, 0.1) is 6.92 Å². The van der Waals surface area contributed by atoms with E-state index in [9.17, 15) is 4.79 Å². The Morgan fingerprint density at radius 1 is 1.29 bits per heavy atom. The van der Waals surface area contributed by atoms with Crippen LogP contribution in [-0.2, 0) is 0 Å². The van der Waals surface area contributed by atoms with Crippen LogP contribution in [0.4, 0.5) is 5.69 Å². The van der Waals surface area contributed by atoms with E-state index < -0.39 is 0 Å². The van der Waals surface area contributed by atoms with Crippen LogP contribution in [0.25, 0.3) is 10.2 Å². The number of pyridine rings is 1. The molecule has 2 N–H and O–H groups in total. The second-order valence-corrected chi connectivity index (χ2v) is 7.27. The third-order valence-corrected chi connectivity index (χ3v) is 6.05. The molecule has 4 nitrogen and oxygen atoms in total. The van der Waals surface area contributed by atoms with Gasteiger partial charge in [0.1, 0.15) is 4.83 Å². The normalized spacial score (nSPS) is 17.5. The van der Waals surface area contributed by atoms with Crippen molar-refractivity contribution in [1.29, 1.82) is 0 Å². The number of amides is 1. The van der Waals surface area contributed by atoms with E-state index in [1.54, 1.807) is 0 Å². The number of anilines is 1. The number of thiophene rings is 1. The molecular weight excluding hydrogens is 318 g/mol. The van der Waals surface area contributed by atoms with Crippen molar-refractivity contribution < 1.29 is 4.79 Å². The second-order valence-electron chi connectivity index (χ2n) is 6.27. The first-order chi connectivity index (χ1) is 11.6. The van der Waals surface area contributed by atoms with Gasteiger partial charge in [-0.05, 0) is 42.7 Å². The van der Waals surface area contributed by atoms with Crippen LogP contribution in [0.5, 0.6) is 0 Å². The molecule has 122 valence electrons. The fourth-order valence-corrected chi connectivity index (χ4v) is 4.70. The van der Waals surface area contributed by atoms with Crippen molar-refractivity contribution in [2.75, 3.05) is 18.0 Å².